The predicted molar refractivity (Wildman–Crippen MR) is 99.3 cm³/mol. The quantitative estimate of drug-likeness (QED) is 0.831. The molecule has 0 spiro atoms. The second-order valence-corrected chi connectivity index (χ2v) is 6.17. The molecule has 0 fully saturated rings. The van der Waals surface area contributed by atoms with Gasteiger partial charge in [0, 0.05) is 18.5 Å². The highest BCUT2D eigenvalue weighted by atomic mass is 35.5. The summed E-state index contributed by atoms with van der Waals surface area (Å²) in [7, 11) is 1.59. The third-order valence-corrected chi connectivity index (χ3v) is 4.08. The molecule has 0 unspecified atom stereocenters. The number of nitrogens with one attached hydrogen (secondary N) is 1. The molecule has 0 bridgehead atoms. The second kappa shape index (κ2) is 8.74. The van der Waals surface area contributed by atoms with Crippen LogP contribution in [0.15, 0.2) is 42.5 Å². The van der Waals surface area contributed by atoms with Crippen molar-refractivity contribution in [3.63, 3.8) is 0 Å². The molecule has 0 aliphatic carbocycles. The topological polar surface area (TPSA) is 58.6 Å². The largest absolute Gasteiger partial charge is 0.497 e. The van der Waals surface area contributed by atoms with Crippen molar-refractivity contribution in [2.75, 3.05) is 18.6 Å². The normalized spacial score (nSPS) is 10.2. The maximum Gasteiger partial charge on any atom is 0.240 e. The highest BCUT2D eigenvalue weighted by molar-refractivity contribution is 6.35. The molecule has 25 heavy (non-hydrogen) atoms. The summed E-state index contributed by atoms with van der Waals surface area (Å²) >= 11 is 12.1. The van der Waals surface area contributed by atoms with Gasteiger partial charge in [-0.1, -0.05) is 35.3 Å². The Morgan fingerprint density at radius 2 is 1.80 bits per heavy atom. The molecule has 0 heterocycles. The molecule has 0 saturated carbocycles. The van der Waals surface area contributed by atoms with Crippen LogP contribution in [0.2, 0.25) is 10.0 Å². The van der Waals surface area contributed by atoms with Crippen LogP contribution in [0.5, 0.6) is 5.75 Å². The number of ether oxygens (including phenoxy) is 1. The van der Waals surface area contributed by atoms with Gasteiger partial charge in [-0.3, -0.25) is 9.59 Å². The number of hydrogen-bond donors (Lipinski definition) is 1. The molecule has 5 nitrogen and oxygen atoms in total. The molecule has 1 N–H and O–H groups in total. The van der Waals surface area contributed by atoms with E-state index >= 15 is 0 Å². The summed E-state index contributed by atoms with van der Waals surface area (Å²) in [5.41, 5.74) is 1.32. The van der Waals surface area contributed by atoms with Gasteiger partial charge in [0.1, 0.15) is 12.3 Å². The Kier molecular flexibility index (Phi) is 6.67. The SMILES string of the molecule is COc1ccc(CNC(=O)CN(C(C)=O)c2cc(Cl)ccc2Cl)cc1. The van der Waals surface area contributed by atoms with Gasteiger partial charge in [-0.25, -0.2) is 0 Å². The Morgan fingerprint density at radius 3 is 2.40 bits per heavy atom. The molecule has 0 aliphatic rings. The van der Waals surface area contributed by atoms with Crippen LogP contribution in [0.25, 0.3) is 0 Å². The van der Waals surface area contributed by atoms with E-state index in [0.29, 0.717) is 22.3 Å². The lowest BCUT2D eigenvalue weighted by Crippen LogP contribution is -2.39. The summed E-state index contributed by atoms with van der Waals surface area (Å²) in [5, 5.41) is 3.56. The summed E-state index contributed by atoms with van der Waals surface area (Å²) in [5.74, 6) is 0.138. The standard InChI is InChI=1S/C18H18Cl2N2O3/c1-12(23)22(17-9-14(19)5-8-16(17)20)11-18(24)21-10-13-3-6-15(25-2)7-4-13/h3-9H,10-11H2,1-2H3,(H,21,24). The van der Waals surface area contributed by atoms with Gasteiger partial charge in [-0.15, -0.1) is 0 Å². The van der Waals surface area contributed by atoms with Gasteiger partial charge in [0.15, 0.2) is 0 Å². The first-order valence-electron chi connectivity index (χ1n) is 7.53. The van der Waals surface area contributed by atoms with Crippen molar-refractivity contribution < 1.29 is 14.3 Å². The Hall–Kier alpha value is -2.24. The van der Waals surface area contributed by atoms with E-state index in [4.69, 9.17) is 27.9 Å². The first kappa shape index (κ1) is 19.1. The molecule has 0 saturated heterocycles. The van der Waals surface area contributed by atoms with E-state index in [1.165, 1.54) is 11.8 Å². The van der Waals surface area contributed by atoms with Crippen molar-refractivity contribution in [1.82, 2.24) is 5.32 Å². The van der Waals surface area contributed by atoms with Crippen LogP contribution in [-0.4, -0.2) is 25.5 Å². The number of hydrogen-bond acceptors (Lipinski definition) is 3. The second-order valence-electron chi connectivity index (χ2n) is 5.33. The molecule has 0 atom stereocenters. The van der Waals surface area contributed by atoms with E-state index in [1.807, 2.05) is 24.3 Å². The van der Waals surface area contributed by atoms with Crippen LogP contribution in [0.1, 0.15) is 12.5 Å². The summed E-state index contributed by atoms with van der Waals surface area (Å²) in [6.07, 6.45) is 0. The van der Waals surface area contributed by atoms with E-state index < -0.39 is 0 Å². The molecule has 2 aromatic carbocycles. The van der Waals surface area contributed by atoms with E-state index in [-0.39, 0.29) is 18.4 Å². The molecular weight excluding hydrogens is 363 g/mol. The monoisotopic (exact) mass is 380 g/mol. The molecular formula is C18H18Cl2N2O3. The average Bonchev–Trinajstić information content (AvgIpc) is 2.60. The van der Waals surface area contributed by atoms with Crippen molar-refractivity contribution in [2.24, 2.45) is 0 Å². The van der Waals surface area contributed by atoms with Gasteiger partial charge in [0.2, 0.25) is 11.8 Å². The molecule has 0 radical (unpaired) electrons. The fourth-order valence-corrected chi connectivity index (χ4v) is 2.59. The number of carbonyl (C=O) groups is 2. The maximum atomic E-state index is 12.2. The van der Waals surface area contributed by atoms with Crippen LogP contribution < -0.4 is 15.0 Å². The van der Waals surface area contributed by atoms with Crippen molar-refractivity contribution in [3.05, 3.63) is 58.1 Å². The number of anilines is 1. The molecule has 132 valence electrons. The Bertz CT molecular complexity index is 763. The molecule has 0 aliphatic heterocycles. The highest BCUT2D eigenvalue weighted by Gasteiger charge is 2.18. The van der Waals surface area contributed by atoms with Crippen molar-refractivity contribution in [3.8, 4) is 5.75 Å². The maximum absolute atomic E-state index is 12.2. The smallest absolute Gasteiger partial charge is 0.240 e. The summed E-state index contributed by atoms with van der Waals surface area (Å²) in [6, 6.07) is 12.1. The lowest BCUT2D eigenvalue weighted by Gasteiger charge is -2.22. The van der Waals surface area contributed by atoms with Gasteiger partial charge in [0.05, 0.1) is 17.8 Å². The summed E-state index contributed by atoms with van der Waals surface area (Å²) in [6.45, 7) is 1.57. The number of halogens is 2. The predicted octanol–water partition coefficient (Wildman–Crippen LogP) is 3.67. The van der Waals surface area contributed by atoms with Crippen molar-refractivity contribution >= 4 is 40.7 Å². The van der Waals surface area contributed by atoms with Gasteiger partial charge >= 0.3 is 0 Å². The zero-order valence-corrected chi connectivity index (χ0v) is 15.4. The van der Waals surface area contributed by atoms with Crippen LogP contribution >= 0.6 is 23.2 Å². The highest BCUT2D eigenvalue weighted by Crippen LogP contribution is 2.29. The zero-order chi connectivity index (χ0) is 18.4. The van der Waals surface area contributed by atoms with Crippen molar-refractivity contribution in [2.45, 2.75) is 13.5 Å². The van der Waals surface area contributed by atoms with Crippen LogP contribution in [0.3, 0.4) is 0 Å². The molecule has 7 heteroatoms. The summed E-state index contributed by atoms with van der Waals surface area (Å²) < 4.78 is 5.09. The minimum Gasteiger partial charge on any atom is -0.497 e. The fraction of sp³-hybridized carbons (Fsp3) is 0.222. The minimum atomic E-state index is -0.304. The number of carbonyl (C=O) groups excluding carboxylic acids is 2. The van der Waals surface area contributed by atoms with Gasteiger partial charge in [-0.05, 0) is 35.9 Å². The van der Waals surface area contributed by atoms with Gasteiger partial charge in [-0.2, -0.15) is 0 Å². The number of nitrogens with zero attached hydrogens (tertiary/aromatic N) is 1. The Labute approximate surface area is 156 Å². The first-order valence-corrected chi connectivity index (χ1v) is 8.29. The minimum absolute atomic E-state index is 0.147. The fourth-order valence-electron chi connectivity index (χ4n) is 2.20. The van der Waals surface area contributed by atoms with Crippen LogP contribution in [-0.2, 0) is 16.1 Å². The van der Waals surface area contributed by atoms with E-state index in [9.17, 15) is 9.59 Å². The van der Waals surface area contributed by atoms with Gasteiger partial charge in [0.25, 0.3) is 0 Å². The van der Waals surface area contributed by atoms with E-state index in [2.05, 4.69) is 5.32 Å². The third-order valence-electron chi connectivity index (χ3n) is 3.53. The van der Waals surface area contributed by atoms with E-state index in [0.717, 1.165) is 11.3 Å². The number of benzene rings is 2. The lowest BCUT2D eigenvalue weighted by atomic mass is 10.2. The van der Waals surface area contributed by atoms with Crippen LogP contribution in [0.4, 0.5) is 5.69 Å². The molecule has 2 rings (SSSR count). The number of rotatable bonds is 6. The Balaban J connectivity index is 2.02. The third kappa shape index (κ3) is 5.37. The molecule has 2 aromatic rings. The zero-order valence-electron chi connectivity index (χ0n) is 13.9. The Morgan fingerprint density at radius 1 is 1.12 bits per heavy atom. The first-order chi connectivity index (χ1) is 11.9. The lowest BCUT2D eigenvalue weighted by molar-refractivity contribution is -0.123. The van der Waals surface area contributed by atoms with Crippen LogP contribution in [0, 0.1) is 0 Å². The molecule has 0 aromatic heterocycles. The number of amides is 2. The summed E-state index contributed by atoms with van der Waals surface area (Å²) in [4.78, 5) is 25.4. The van der Waals surface area contributed by atoms with E-state index in [1.54, 1.807) is 25.3 Å². The van der Waals surface area contributed by atoms with Crippen molar-refractivity contribution in [1.29, 1.82) is 0 Å². The average molecular weight is 381 g/mol. The molecule has 2 amide bonds. The number of methoxy groups -OCH3 is 1. The van der Waals surface area contributed by atoms with Gasteiger partial charge < -0.3 is 15.0 Å².